The van der Waals surface area contributed by atoms with Gasteiger partial charge in [0.15, 0.2) is 12.0 Å². The highest BCUT2D eigenvalue weighted by molar-refractivity contribution is 4.91. The van der Waals surface area contributed by atoms with Crippen LogP contribution in [-0.2, 0) is 16.1 Å². The van der Waals surface area contributed by atoms with Crippen LogP contribution in [0.25, 0.3) is 0 Å². The van der Waals surface area contributed by atoms with Crippen molar-refractivity contribution in [1.29, 1.82) is 0 Å². The van der Waals surface area contributed by atoms with Crippen molar-refractivity contribution in [3.05, 3.63) is 11.9 Å². The second-order valence-electron chi connectivity index (χ2n) is 5.54. The molecule has 112 valence electrons. The molecule has 0 aromatic carbocycles. The van der Waals surface area contributed by atoms with Crippen LogP contribution >= 0.6 is 0 Å². The standard InChI is InChI=1S/C13H21N3O4/c17-8-10-7-16(15-14-10)12-4-2-6-13(20-12)5-1-3-11(9-18)19-13/h7,11-12,17-18H,1-6,8-9H2/t11-,12-,13?/m1/s1. The zero-order valence-corrected chi connectivity index (χ0v) is 11.4. The molecule has 7 heteroatoms. The fourth-order valence-electron chi connectivity index (χ4n) is 3.04. The third-order valence-electron chi connectivity index (χ3n) is 4.04. The summed E-state index contributed by atoms with van der Waals surface area (Å²) in [6, 6.07) is 0. The molecular weight excluding hydrogens is 262 g/mol. The lowest BCUT2D eigenvalue weighted by Crippen LogP contribution is -2.47. The highest BCUT2D eigenvalue weighted by atomic mass is 16.7. The lowest BCUT2D eigenvalue weighted by Gasteiger charge is -2.45. The van der Waals surface area contributed by atoms with E-state index >= 15 is 0 Å². The van der Waals surface area contributed by atoms with Gasteiger partial charge in [-0.3, -0.25) is 0 Å². The Balaban J connectivity index is 1.72. The Hall–Kier alpha value is -1.02. The molecule has 2 fully saturated rings. The minimum absolute atomic E-state index is 0.0355. The summed E-state index contributed by atoms with van der Waals surface area (Å²) in [6.45, 7) is -0.0886. The van der Waals surface area contributed by atoms with Gasteiger partial charge in [0.05, 0.1) is 25.5 Å². The average Bonchev–Trinajstić information content (AvgIpc) is 2.96. The summed E-state index contributed by atoms with van der Waals surface area (Å²) in [7, 11) is 0. The van der Waals surface area contributed by atoms with Crippen molar-refractivity contribution in [3.63, 3.8) is 0 Å². The molecule has 2 aliphatic rings. The van der Waals surface area contributed by atoms with Crippen LogP contribution in [0.5, 0.6) is 0 Å². The molecule has 0 radical (unpaired) electrons. The Bertz CT molecular complexity index is 449. The van der Waals surface area contributed by atoms with Crippen LogP contribution in [0.15, 0.2) is 6.20 Å². The first-order valence-electron chi connectivity index (χ1n) is 7.23. The number of hydrogen-bond acceptors (Lipinski definition) is 6. The first kappa shape index (κ1) is 13.9. The van der Waals surface area contributed by atoms with Gasteiger partial charge in [-0.15, -0.1) is 5.10 Å². The van der Waals surface area contributed by atoms with Gasteiger partial charge in [-0.1, -0.05) is 5.21 Å². The second kappa shape index (κ2) is 5.77. The molecule has 3 heterocycles. The predicted octanol–water partition coefficient (Wildman–Crippen LogP) is 0.727. The maximum absolute atomic E-state index is 9.29. The molecule has 0 aliphatic carbocycles. The molecule has 7 nitrogen and oxygen atoms in total. The summed E-state index contributed by atoms with van der Waals surface area (Å²) >= 11 is 0. The van der Waals surface area contributed by atoms with Crippen LogP contribution in [0.3, 0.4) is 0 Å². The number of aliphatic hydroxyl groups excluding tert-OH is 2. The van der Waals surface area contributed by atoms with Gasteiger partial charge >= 0.3 is 0 Å². The van der Waals surface area contributed by atoms with Crippen molar-refractivity contribution in [1.82, 2.24) is 15.0 Å². The van der Waals surface area contributed by atoms with E-state index in [0.717, 1.165) is 38.5 Å². The van der Waals surface area contributed by atoms with Crippen molar-refractivity contribution >= 4 is 0 Å². The summed E-state index contributed by atoms with van der Waals surface area (Å²) in [4.78, 5) is 0. The van der Waals surface area contributed by atoms with Gasteiger partial charge in [0.25, 0.3) is 0 Å². The van der Waals surface area contributed by atoms with Crippen molar-refractivity contribution in [3.8, 4) is 0 Å². The molecule has 20 heavy (non-hydrogen) atoms. The van der Waals surface area contributed by atoms with Crippen molar-refractivity contribution in [2.45, 2.75) is 63.3 Å². The lowest BCUT2D eigenvalue weighted by atomic mass is 9.94. The van der Waals surface area contributed by atoms with Crippen molar-refractivity contribution in [2.24, 2.45) is 0 Å². The summed E-state index contributed by atoms with van der Waals surface area (Å²) in [5, 5.41) is 26.2. The fourth-order valence-corrected chi connectivity index (χ4v) is 3.04. The Morgan fingerprint density at radius 2 is 2.05 bits per heavy atom. The topological polar surface area (TPSA) is 89.6 Å². The van der Waals surface area contributed by atoms with E-state index in [1.54, 1.807) is 10.9 Å². The van der Waals surface area contributed by atoms with Crippen molar-refractivity contribution in [2.75, 3.05) is 6.61 Å². The minimum Gasteiger partial charge on any atom is -0.394 e. The number of nitrogens with zero attached hydrogens (tertiary/aromatic N) is 3. The van der Waals surface area contributed by atoms with E-state index in [2.05, 4.69) is 10.3 Å². The zero-order valence-electron chi connectivity index (χ0n) is 11.4. The first-order chi connectivity index (χ1) is 9.74. The maximum atomic E-state index is 9.29. The summed E-state index contributed by atoms with van der Waals surface area (Å²) in [5.41, 5.74) is 0.533. The number of ether oxygens (including phenoxy) is 2. The Labute approximate surface area is 117 Å². The third kappa shape index (κ3) is 2.71. The van der Waals surface area contributed by atoms with Crippen LogP contribution in [0.1, 0.15) is 50.4 Å². The lowest BCUT2D eigenvalue weighted by molar-refractivity contribution is -0.332. The third-order valence-corrected chi connectivity index (χ3v) is 4.04. The van der Waals surface area contributed by atoms with Crippen LogP contribution in [0.2, 0.25) is 0 Å². The van der Waals surface area contributed by atoms with E-state index in [1.165, 1.54) is 0 Å². The van der Waals surface area contributed by atoms with E-state index in [4.69, 9.17) is 14.6 Å². The Kier molecular flexibility index (Phi) is 4.02. The zero-order chi connectivity index (χ0) is 14.0. The molecular formula is C13H21N3O4. The Morgan fingerprint density at radius 3 is 2.75 bits per heavy atom. The predicted molar refractivity (Wildman–Crippen MR) is 68.5 cm³/mol. The van der Waals surface area contributed by atoms with E-state index in [1.807, 2.05) is 0 Å². The SMILES string of the molecule is OCc1cn([C@H]2CCCC3(CCC[C@H](CO)O3)O2)nn1. The van der Waals surface area contributed by atoms with E-state index < -0.39 is 5.79 Å². The highest BCUT2D eigenvalue weighted by Gasteiger charge is 2.43. The maximum Gasteiger partial charge on any atom is 0.171 e. The summed E-state index contributed by atoms with van der Waals surface area (Å²) < 4.78 is 13.8. The summed E-state index contributed by atoms with van der Waals surface area (Å²) in [5.74, 6) is -0.597. The molecule has 1 spiro atoms. The summed E-state index contributed by atoms with van der Waals surface area (Å²) in [6.07, 6.45) is 6.76. The fraction of sp³-hybridized carbons (Fsp3) is 0.846. The van der Waals surface area contributed by atoms with Crippen LogP contribution < -0.4 is 0 Å². The van der Waals surface area contributed by atoms with Gasteiger partial charge in [-0.05, 0) is 25.7 Å². The quantitative estimate of drug-likeness (QED) is 0.850. The van der Waals surface area contributed by atoms with Gasteiger partial charge < -0.3 is 19.7 Å². The van der Waals surface area contributed by atoms with Gasteiger partial charge in [0.2, 0.25) is 0 Å². The second-order valence-corrected chi connectivity index (χ2v) is 5.54. The minimum atomic E-state index is -0.597. The average molecular weight is 283 g/mol. The molecule has 0 amide bonds. The van der Waals surface area contributed by atoms with E-state index in [0.29, 0.717) is 5.69 Å². The number of aromatic nitrogens is 3. The normalized spacial score (nSPS) is 34.5. The van der Waals surface area contributed by atoms with E-state index in [-0.39, 0.29) is 25.5 Å². The molecule has 0 saturated carbocycles. The molecule has 3 atom stereocenters. The Morgan fingerprint density at radius 1 is 1.25 bits per heavy atom. The van der Waals surface area contributed by atoms with Crippen LogP contribution in [-0.4, -0.2) is 43.7 Å². The number of aliphatic hydroxyl groups is 2. The number of rotatable bonds is 3. The van der Waals surface area contributed by atoms with Crippen molar-refractivity contribution < 1.29 is 19.7 Å². The molecule has 3 rings (SSSR count). The molecule has 1 aromatic heterocycles. The largest absolute Gasteiger partial charge is 0.394 e. The molecule has 2 saturated heterocycles. The van der Waals surface area contributed by atoms with Crippen LogP contribution in [0, 0.1) is 0 Å². The number of hydrogen-bond donors (Lipinski definition) is 2. The van der Waals surface area contributed by atoms with Crippen LogP contribution in [0.4, 0.5) is 0 Å². The van der Waals surface area contributed by atoms with Gasteiger partial charge in [0.1, 0.15) is 5.69 Å². The highest BCUT2D eigenvalue weighted by Crippen LogP contribution is 2.41. The van der Waals surface area contributed by atoms with E-state index in [9.17, 15) is 5.11 Å². The smallest absolute Gasteiger partial charge is 0.171 e. The monoisotopic (exact) mass is 283 g/mol. The molecule has 0 bridgehead atoms. The molecule has 2 aliphatic heterocycles. The molecule has 2 N–H and O–H groups in total. The first-order valence-corrected chi connectivity index (χ1v) is 7.23. The van der Waals surface area contributed by atoms with Gasteiger partial charge in [0, 0.05) is 12.8 Å². The van der Waals surface area contributed by atoms with Gasteiger partial charge in [-0.2, -0.15) is 0 Å². The molecule has 1 aromatic rings. The van der Waals surface area contributed by atoms with Gasteiger partial charge in [-0.25, -0.2) is 4.68 Å². The molecule has 1 unspecified atom stereocenters.